The molecule has 2 nitrogen and oxygen atoms in total. The van der Waals surface area contributed by atoms with Gasteiger partial charge in [0.05, 0.1) is 12.2 Å². The molecule has 21 heavy (non-hydrogen) atoms. The summed E-state index contributed by atoms with van der Waals surface area (Å²) in [7, 11) is 0. The average molecular weight is 293 g/mol. The summed E-state index contributed by atoms with van der Waals surface area (Å²) < 4.78 is 6.58. The lowest BCUT2D eigenvalue weighted by Gasteiger charge is -2.30. The molecule has 2 heteroatoms. The van der Waals surface area contributed by atoms with E-state index in [1.54, 1.807) is 0 Å². The molecule has 0 aromatic carbocycles. The van der Waals surface area contributed by atoms with Crippen LogP contribution in [0.3, 0.4) is 0 Å². The Hall–Kier alpha value is -0.0800. The molecule has 2 aliphatic carbocycles. The molecule has 1 heterocycles. The Balaban J connectivity index is 1.73. The molecular formula is C19H35NO. The lowest BCUT2D eigenvalue weighted by molar-refractivity contribution is -0.0329. The summed E-state index contributed by atoms with van der Waals surface area (Å²) >= 11 is 0. The van der Waals surface area contributed by atoms with Gasteiger partial charge in [-0.2, -0.15) is 0 Å². The zero-order valence-electron chi connectivity index (χ0n) is 13.8. The van der Waals surface area contributed by atoms with Gasteiger partial charge in [-0.25, -0.2) is 0 Å². The number of rotatable bonds is 0. The predicted octanol–water partition coefficient (Wildman–Crippen LogP) is 4.96. The summed E-state index contributed by atoms with van der Waals surface area (Å²) in [6.07, 6.45) is 21.6. The van der Waals surface area contributed by atoms with Crippen molar-refractivity contribution in [3.05, 3.63) is 0 Å². The standard InChI is InChI=1S/C19H35NO/c1-2-8-16-10-6-14-18(12-3-1)21-19-13-5-4-9-17(20-16)11-7-15-19/h16-20H,1-15H2. The van der Waals surface area contributed by atoms with Crippen LogP contribution < -0.4 is 5.32 Å². The SMILES string of the molecule is C1CCC2CCCC(CC1)OC1CCCCC(CCC1)N2. The Labute approximate surface area is 131 Å². The third kappa shape index (κ3) is 5.25. The van der Waals surface area contributed by atoms with E-state index in [2.05, 4.69) is 5.32 Å². The van der Waals surface area contributed by atoms with Crippen molar-refractivity contribution in [1.29, 1.82) is 0 Å². The van der Waals surface area contributed by atoms with Gasteiger partial charge in [0.2, 0.25) is 0 Å². The third-order valence-corrected chi connectivity index (χ3v) is 5.92. The minimum atomic E-state index is 0.560. The number of ether oxygens (including phenoxy) is 1. The summed E-state index contributed by atoms with van der Waals surface area (Å²) in [5.41, 5.74) is 0. The van der Waals surface area contributed by atoms with Gasteiger partial charge in [0.1, 0.15) is 0 Å². The van der Waals surface area contributed by atoms with Crippen molar-refractivity contribution in [2.24, 2.45) is 0 Å². The van der Waals surface area contributed by atoms with Crippen molar-refractivity contribution in [1.82, 2.24) is 5.32 Å². The zero-order valence-corrected chi connectivity index (χ0v) is 13.8. The van der Waals surface area contributed by atoms with Crippen LogP contribution in [0.15, 0.2) is 0 Å². The van der Waals surface area contributed by atoms with Gasteiger partial charge >= 0.3 is 0 Å². The van der Waals surface area contributed by atoms with Crippen molar-refractivity contribution in [3.63, 3.8) is 0 Å². The van der Waals surface area contributed by atoms with E-state index in [-0.39, 0.29) is 0 Å². The van der Waals surface area contributed by atoms with Gasteiger partial charge in [0, 0.05) is 12.1 Å². The maximum absolute atomic E-state index is 6.58. The fraction of sp³-hybridized carbons (Fsp3) is 1.00. The van der Waals surface area contributed by atoms with Crippen LogP contribution in [0.4, 0.5) is 0 Å². The van der Waals surface area contributed by atoms with Crippen molar-refractivity contribution in [2.75, 3.05) is 0 Å². The Morgan fingerprint density at radius 1 is 0.476 bits per heavy atom. The maximum atomic E-state index is 6.58. The predicted molar refractivity (Wildman–Crippen MR) is 88.6 cm³/mol. The van der Waals surface area contributed by atoms with E-state index >= 15 is 0 Å². The fourth-order valence-corrected chi connectivity index (χ4v) is 4.67. The van der Waals surface area contributed by atoms with Gasteiger partial charge in [-0.05, 0) is 64.2 Å². The minimum absolute atomic E-state index is 0.560. The molecule has 1 N–H and O–H groups in total. The van der Waals surface area contributed by atoms with E-state index in [9.17, 15) is 0 Å². The molecule has 3 fully saturated rings. The van der Waals surface area contributed by atoms with Crippen molar-refractivity contribution in [2.45, 2.75) is 121 Å². The topological polar surface area (TPSA) is 21.3 Å². The molecule has 4 atom stereocenters. The van der Waals surface area contributed by atoms with Gasteiger partial charge < -0.3 is 10.1 Å². The molecular weight excluding hydrogens is 258 g/mol. The molecule has 0 radical (unpaired) electrons. The quantitative estimate of drug-likeness (QED) is 0.681. The summed E-state index contributed by atoms with van der Waals surface area (Å²) in [6, 6.07) is 1.57. The molecule has 1 saturated heterocycles. The van der Waals surface area contributed by atoms with Crippen molar-refractivity contribution >= 4 is 0 Å². The van der Waals surface area contributed by atoms with Crippen LogP contribution >= 0.6 is 0 Å². The van der Waals surface area contributed by atoms with Crippen LogP contribution in [0.25, 0.3) is 0 Å². The average Bonchev–Trinajstić information content (AvgIpc) is 2.59. The molecule has 0 aromatic rings. The van der Waals surface area contributed by atoms with Crippen LogP contribution in [0.1, 0.15) is 96.3 Å². The molecule has 4 bridgehead atoms. The van der Waals surface area contributed by atoms with E-state index in [0.717, 1.165) is 12.1 Å². The highest BCUT2D eigenvalue weighted by atomic mass is 16.5. The minimum Gasteiger partial charge on any atom is -0.375 e. The van der Waals surface area contributed by atoms with Gasteiger partial charge in [0.25, 0.3) is 0 Å². The Morgan fingerprint density at radius 2 is 0.905 bits per heavy atom. The Kier molecular flexibility index (Phi) is 6.42. The van der Waals surface area contributed by atoms with Crippen molar-refractivity contribution < 1.29 is 4.74 Å². The molecule has 1 aliphatic heterocycles. The summed E-state index contributed by atoms with van der Waals surface area (Å²) in [5.74, 6) is 0. The smallest absolute Gasteiger partial charge is 0.0579 e. The van der Waals surface area contributed by atoms with E-state index in [0.29, 0.717) is 12.2 Å². The zero-order chi connectivity index (χ0) is 14.3. The highest BCUT2D eigenvalue weighted by molar-refractivity contribution is 4.80. The first kappa shape index (κ1) is 15.8. The monoisotopic (exact) mass is 293 g/mol. The second kappa shape index (κ2) is 8.53. The lowest BCUT2D eigenvalue weighted by Crippen LogP contribution is -2.39. The number of nitrogens with one attached hydrogen (secondary N) is 1. The molecule has 0 aromatic heterocycles. The molecule has 0 spiro atoms. The van der Waals surface area contributed by atoms with Crippen LogP contribution in [0.2, 0.25) is 0 Å². The molecule has 2 saturated carbocycles. The van der Waals surface area contributed by atoms with Crippen LogP contribution in [0.5, 0.6) is 0 Å². The van der Waals surface area contributed by atoms with Crippen molar-refractivity contribution in [3.8, 4) is 0 Å². The molecule has 3 aliphatic rings. The molecule has 0 amide bonds. The lowest BCUT2D eigenvalue weighted by atomic mass is 9.94. The van der Waals surface area contributed by atoms with Gasteiger partial charge in [-0.15, -0.1) is 0 Å². The summed E-state index contributed by atoms with van der Waals surface area (Å²) in [6.45, 7) is 0. The highest BCUT2D eigenvalue weighted by Gasteiger charge is 2.23. The van der Waals surface area contributed by atoms with E-state index in [1.807, 2.05) is 0 Å². The van der Waals surface area contributed by atoms with Crippen LogP contribution in [0, 0.1) is 0 Å². The second-order valence-corrected chi connectivity index (χ2v) is 7.72. The first-order valence-electron chi connectivity index (χ1n) is 9.81. The van der Waals surface area contributed by atoms with Crippen LogP contribution in [-0.2, 0) is 4.74 Å². The Bertz CT molecular complexity index is 267. The largest absolute Gasteiger partial charge is 0.375 e. The third-order valence-electron chi connectivity index (χ3n) is 5.92. The van der Waals surface area contributed by atoms with E-state index in [4.69, 9.17) is 4.74 Å². The summed E-state index contributed by atoms with van der Waals surface area (Å²) in [4.78, 5) is 0. The number of hydrogen-bond donors (Lipinski definition) is 1. The van der Waals surface area contributed by atoms with Gasteiger partial charge in [0.15, 0.2) is 0 Å². The Morgan fingerprint density at radius 3 is 1.57 bits per heavy atom. The molecule has 4 unspecified atom stereocenters. The fourth-order valence-electron chi connectivity index (χ4n) is 4.67. The maximum Gasteiger partial charge on any atom is 0.0579 e. The van der Waals surface area contributed by atoms with E-state index in [1.165, 1.54) is 96.3 Å². The first-order chi connectivity index (χ1) is 10.4. The molecule has 3 rings (SSSR count). The molecule has 122 valence electrons. The first-order valence-corrected chi connectivity index (χ1v) is 9.81. The number of fused-ring (bicyclic) bond motifs is 8. The van der Waals surface area contributed by atoms with Crippen LogP contribution in [-0.4, -0.2) is 24.3 Å². The second-order valence-electron chi connectivity index (χ2n) is 7.72. The number of hydrogen-bond acceptors (Lipinski definition) is 2. The van der Waals surface area contributed by atoms with Gasteiger partial charge in [-0.1, -0.05) is 32.1 Å². The normalized spacial score (nSPS) is 40.0. The summed E-state index contributed by atoms with van der Waals surface area (Å²) in [5, 5.41) is 4.06. The van der Waals surface area contributed by atoms with E-state index < -0.39 is 0 Å². The van der Waals surface area contributed by atoms with Gasteiger partial charge in [-0.3, -0.25) is 0 Å². The highest BCUT2D eigenvalue weighted by Crippen LogP contribution is 2.27.